The molecule has 0 heterocycles. The number of nitrogens with two attached hydrogens (primary N) is 1. The summed E-state index contributed by atoms with van der Waals surface area (Å²) in [6.45, 7) is 0.884. The highest BCUT2D eigenvalue weighted by molar-refractivity contribution is 6.30. The normalized spacial score (nSPS) is 25.6. The summed E-state index contributed by atoms with van der Waals surface area (Å²) < 4.78 is 0. The van der Waals surface area contributed by atoms with Gasteiger partial charge in [0.25, 0.3) is 0 Å². The van der Waals surface area contributed by atoms with E-state index in [0.717, 1.165) is 18.0 Å². The molecule has 1 aromatic carbocycles. The first kappa shape index (κ1) is 11.9. The Labute approximate surface area is 102 Å². The minimum Gasteiger partial charge on any atom is -0.326 e. The van der Waals surface area contributed by atoms with Gasteiger partial charge in [0, 0.05) is 23.7 Å². The number of benzene rings is 1. The lowest BCUT2D eigenvalue weighted by Crippen LogP contribution is -2.46. The molecular weight excluding hydrogens is 220 g/mol. The van der Waals surface area contributed by atoms with E-state index in [1.165, 1.54) is 24.8 Å². The molecule has 1 saturated carbocycles. The van der Waals surface area contributed by atoms with Gasteiger partial charge < -0.3 is 11.1 Å². The third-order valence-corrected chi connectivity index (χ3v) is 3.55. The summed E-state index contributed by atoms with van der Waals surface area (Å²) in [6.07, 6.45) is 4.93. The molecule has 88 valence electrons. The Kier molecular flexibility index (Phi) is 4.22. The molecule has 0 amide bonds. The van der Waals surface area contributed by atoms with Crippen molar-refractivity contribution in [3.8, 4) is 0 Å². The van der Waals surface area contributed by atoms with Gasteiger partial charge in [0.05, 0.1) is 0 Å². The van der Waals surface area contributed by atoms with E-state index in [0.29, 0.717) is 12.1 Å². The molecule has 1 aliphatic rings. The summed E-state index contributed by atoms with van der Waals surface area (Å²) in [4.78, 5) is 0. The van der Waals surface area contributed by atoms with Gasteiger partial charge in [0.1, 0.15) is 0 Å². The van der Waals surface area contributed by atoms with E-state index < -0.39 is 0 Å². The Bertz CT molecular complexity index is 323. The molecular formula is C13H19ClN2. The summed E-state index contributed by atoms with van der Waals surface area (Å²) in [7, 11) is 0. The molecule has 1 aliphatic carbocycles. The molecule has 3 N–H and O–H groups in total. The molecule has 1 fully saturated rings. The molecule has 2 atom stereocenters. The van der Waals surface area contributed by atoms with Crippen LogP contribution in [0.25, 0.3) is 0 Å². The van der Waals surface area contributed by atoms with E-state index in [4.69, 9.17) is 17.3 Å². The summed E-state index contributed by atoms with van der Waals surface area (Å²) >= 11 is 5.84. The third kappa shape index (κ3) is 3.21. The van der Waals surface area contributed by atoms with Crippen molar-refractivity contribution in [2.75, 3.05) is 0 Å². The van der Waals surface area contributed by atoms with Gasteiger partial charge in [-0.1, -0.05) is 36.6 Å². The van der Waals surface area contributed by atoms with E-state index in [2.05, 4.69) is 17.4 Å². The minimum atomic E-state index is 0.320. The second kappa shape index (κ2) is 5.67. The largest absolute Gasteiger partial charge is 0.326 e. The lowest BCUT2D eigenvalue weighted by molar-refractivity contribution is 0.326. The average Bonchev–Trinajstić information content (AvgIpc) is 2.30. The molecule has 0 radical (unpaired) electrons. The van der Waals surface area contributed by atoms with Crippen LogP contribution < -0.4 is 11.1 Å². The van der Waals surface area contributed by atoms with Crippen molar-refractivity contribution in [2.24, 2.45) is 5.73 Å². The Hall–Kier alpha value is -0.570. The SMILES string of the molecule is NC1CCCCC1NCc1ccc(Cl)cc1. The van der Waals surface area contributed by atoms with E-state index >= 15 is 0 Å². The zero-order valence-corrected chi connectivity index (χ0v) is 10.2. The van der Waals surface area contributed by atoms with Crippen molar-refractivity contribution in [3.63, 3.8) is 0 Å². The maximum atomic E-state index is 6.08. The van der Waals surface area contributed by atoms with E-state index in [-0.39, 0.29) is 0 Å². The molecule has 0 saturated heterocycles. The molecule has 0 aromatic heterocycles. The van der Waals surface area contributed by atoms with Crippen LogP contribution in [0.15, 0.2) is 24.3 Å². The van der Waals surface area contributed by atoms with E-state index in [1.54, 1.807) is 0 Å². The van der Waals surface area contributed by atoms with E-state index in [1.807, 2.05) is 12.1 Å². The molecule has 16 heavy (non-hydrogen) atoms. The second-order valence-corrected chi connectivity index (χ2v) is 5.00. The minimum absolute atomic E-state index is 0.320. The maximum Gasteiger partial charge on any atom is 0.0406 e. The van der Waals surface area contributed by atoms with Crippen LogP contribution in [0, 0.1) is 0 Å². The first-order valence-electron chi connectivity index (χ1n) is 5.99. The molecule has 0 aliphatic heterocycles. The zero-order valence-electron chi connectivity index (χ0n) is 9.45. The van der Waals surface area contributed by atoms with Crippen molar-refractivity contribution in [3.05, 3.63) is 34.9 Å². The zero-order chi connectivity index (χ0) is 11.4. The van der Waals surface area contributed by atoms with Crippen LogP contribution in [0.3, 0.4) is 0 Å². The molecule has 0 spiro atoms. The summed E-state index contributed by atoms with van der Waals surface area (Å²) in [5.41, 5.74) is 7.35. The van der Waals surface area contributed by atoms with Gasteiger partial charge in [0.2, 0.25) is 0 Å². The smallest absolute Gasteiger partial charge is 0.0406 e. The summed E-state index contributed by atoms with van der Waals surface area (Å²) in [5.74, 6) is 0. The van der Waals surface area contributed by atoms with Crippen LogP contribution in [0.1, 0.15) is 31.2 Å². The number of hydrogen-bond donors (Lipinski definition) is 2. The van der Waals surface area contributed by atoms with Gasteiger partial charge >= 0.3 is 0 Å². The van der Waals surface area contributed by atoms with Crippen molar-refractivity contribution < 1.29 is 0 Å². The monoisotopic (exact) mass is 238 g/mol. The van der Waals surface area contributed by atoms with Crippen LogP contribution in [-0.4, -0.2) is 12.1 Å². The lowest BCUT2D eigenvalue weighted by atomic mass is 9.91. The Morgan fingerprint density at radius 2 is 1.88 bits per heavy atom. The predicted molar refractivity (Wildman–Crippen MR) is 68.5 cm³/mol. The molecule has 0 bridgehead atoms. The average molecular weight is 239 g/mol. The van der Waals surface area contributed by atoms with E-state index in [9.17, 15) is 0 Å². The van der Waals surface area contributed by atoms with Crippen molar-refractivity contribution in [1.29, 1.82) is 0 Å². The molecule has 1 aromatic rings. The van der Waals surface area contributed by atoms with Crippen LogP contribution in [0.2, 0.25) is 5.02 Å². The summed E-state index contributed by atoms with van der Waals surface area (Å²) in [5, 5.41) is 4.33. The van der Waals surface area contributed by atoms with Gasteiger partial charge in [-0.25, -0.2) is 0 Å². The van der Waals surface area contributed by atoms with Gasteiger partial charge in [-0.15, -0.1) is 0 Å². The third-order valence-electron chi connectivity index (χ3n) is 3.30. The Balaban J connectivity index is 1.84. The highest BCUT2D eigenvalue weighted by atomic mass is 35.5. The maximum absolute atomic E-state index is 6.08. The molecule has 2 nitrogen and oxygen atoms in total. The molecule has 3 heteroatoms. The highest BCUT2D eigenvalue weighted by Crippen LogP contribution is 2.17. The van der Waals surface area contributed by atoms with Crippen LogP contribution in [-0.2, 0) is 6.54 Å². The number of hydrogen-bond acceptors (Lipinski definition) is 2. The highest BCUT2D eigenvalue weighted by Gasteiger charge is 2.20. The standard InChI is InChI=1S/C13H19ClN2/c14-11-7-5-10(6-8-11)9-16-13-4-2-1-3-12(13)15/h5-8,12-13,16H,1-4,9,15H2. The number of nitrogens with one attached hydrogen (secondary N) is 1. The van der Waals surface area contributed by atoms with Crippen molar-refractivity contribution in [2.45, 2.75) is 44.3 Å². The number of halogens is 1. The first-order chi connectivity index (χ1) is 7.75. The molecule has 2 rings (SSSR count). The van der Waals surface area contributed by atoms with Gasteiger partial charge in [-0.2, -0.15) is 0 Å². The van der Waals surface area contributed by atoms with Gasteiger partial charge in [-0.05, 0) is 30.5 Å². The van der Waals surface area contributed by atoms with Gasteiger partial charge in [0.15, 0.2) is 0 Å². The second-order valence-electron chi connectivity index (χ2n) is 4.56. The lowest BCUT2D eigenvalue weighted by Gasteiger charge is -2.29. The Morgan fingerprint density at radius 1 is 1.19 bits per heavy atom. The van der Waals surface area contributed by atoms with Gasteiger partial charge in [-0.3, -0.25) is 0 Å². The predicted octanol–water partition coefficient (Wildman–Crippen LogP) is 2.70. The Morgan fingerprint density at radius 3 is 2.56 bits per heavy atom. The van der Waals surface area contributed by atoms with Crippen LogP contribution in [0.5, 0.6) is 0 Å². The topological polar surface area (TPSA) is 38.0 Å². The van der Waals surface area contributed by atoms with Crippen LogP contribution >= 0.6 is 11.6 Å². The first-order valence-corrected chi connectivity index (χ1v) is 6.37. The van der Waals surface area contributed by atoms with Crippen LogP contribution in [0.4, 0.5) is 0 Å². The fraction of sp³-hybridized carbons (Fsp3) is 0.538. The van der Waals surface area contributed by atoms with Crippen molar-refractivity contribution in [1.82, 2.24) is 5.32 Å². The van der Waals surface area contributed by atoms with Crippen molar-refractivity contribution >= 4 is 11.6 Å². The fourth-order valence-corrected chi connectivity index (χ4v) is 2.39. The quantitative estimate of drug-likeness (QED) is 0.850. The fourth-order valence-electron chi connectivity index (χ4n) is 2.26. The molecule has 2 unspecified atom stereocenters. The summed E-state index contributed by atoms with van der Waals surface area (Å²) in [6, 6.07) is 8.78. The number of rotatable bonds is 3.